The maximum absolute atomic E-state index is 12.6. The molecule has 12 heteroatoms. The number of anilines is 1. The van der Waals surface area contributed by atoms with Gasteiger partial charge in [0, 0.05) is 49.1 Å². The maximum Gasteiger partial charge on any atom is 0.315 e. The Balaban J connectivity index is 1.20. The zero-order chi connectivity index (χ0) is 27.9. The molecular weight excluding hydrogens is 526 g/mol. The highest BCUT2D eigenvalue weighted by molar-refractivity contribution is 7.18. The van der Waals surface area contributed by atoms with E-state index in [1.807, 2.05) is 46.0 Å². The van der Waals surface area contributed by atoms with Gasteiger partial charge in [0.1, 0.15) is 22.0 Å². The van der Waals surface area contributed by atoms with Crippen molar-refractivity contribution in [1.29, 1.82) is 0 Å². The van der Waals surface area contributed by atoms with Crippen LogP contribution in [0.5, 0.6) is 0 Å². The van der Waals surface area contributed by atoms with Gasteiger partial charge in [-0.25, -0.2) is 15.0 Å². The van der Waals surface area contributed by atoms with Crippen LogP contribution in [0, 0.1) is 6.92 Å². The summed E-state index contributed by atoms with van der Waals surface area (Å²) in [6.07, 6.45) is 3.53. The molecule has 3 N–H and O–H groups in total. The molecule has 11 nitrogen and oxygen atoms in total. The topological polar surface area (TPSA) is 138 Å². The van der Waals surface area contributed by atoms with E-state index >= 15 is 0 Å². The van der Waals surface area contributed by atoms with E-state index in [0.29, 0.717) is 12.4 Å². The van der Waals surface area contributed by atoms with E-state index in [9.17, 15) is 4.79 Å². The summed E-state index contributed by atoms with van der Waals surface area (Å²) < 4.78 is 5.16. The number of hydrogen-bond donors (Lipinski definition) is 3. The van der Waals surface area contributed by atoms with Crippen molar-refractivity contribution >= 4 is 33.3 Å². The molecule has 0 saturated carbocycles. The third kappa shape index (κ3) is 5.19. The number of hydrogen-bond acceptors (Lipinski definition) is 10. The number of carbonyl (C=O) groups excluding carboxylic acids is 1. The normalized spacial score (nSPS) is 14.2. The number of carbonyl (C=O) groups is 1. The van der Waals surface area contributed by atoms with Crippen LogP contribution in [0.2, 0.25) is 0 Å². The van der Waals surface area contributed by atoms with Gasteiger partial charge in [0.15, 0.2) is 5.82 Å². The number of nitrogens with zero attached hydrogens (tertiary/aromatic N) is 6. The van der Waals surface area contributed by atoms with E-state index in [4.69, 9.17) is 4.52 Å². The summed E-state index contributed by atoms with van der Waals surface area (Å²) in [5.41, 5.74) is 5.22. The van der Waals surface area contributed by atoms with Gasteiger partial charge in [-0.05, 0) is 30.2 Å². The molecule has 1 aromatic carbocycles. The Morgan fingerprint density at radius 3 is 2.73 bits per heavy atom. The van der Waals surface area contributed by atoms with Gasteiger partial charge < -0.3 is 25.0 Å². The lowest BCUT2D eigenvalue weighted by Crippen LogP contribution is -2.43. The Morgan fingerprint density at radius 2 is 1.98 bits per heavy atom. The minimum Gasteiger partial charge on any atom is -0.360 e. The van der Waals surface area contributed by atoms with Crippen LogP contribution in [0.1, 0.15) is 48.4 Å². The van der Waals surface area contributed by atoms with E-state index < -0.39 is 5.91 Å². The second-order valence-electron chi connectivity index (χ2n) is 10.9. The van der Waals surface area contributed by atoms with Gasteiger partial charge >= 0.3 is 11.8 Å². The number of aromatic amines is 1. The highest BCUT2D eigenvalue weighted by Crippen LogP contribution is 2.34. The van der Waals surface area contributed by atoms with Crippen molar-refractivity contribution in [2.75, 3.05) is 31.1 Å². The number of thiazole rings is 1. The Morgan fingerprint density at radius 1 is 1.15 bits per heavy atom. The summed E-state index contributed by atoms with van der Waals surface area (Å²) in [5, 5.41) is 13.2. The number of H-pyrrole nitrogens is 1. The summed E-state index contributed by atoms with van der Waals surface area (Å²) in [6.45, 7) is 12.2. The first-order valence-electron chi connectivity index (χ1n) is 13.2. The quantitative estimate of drug-likeness (QED) is 0.282. The molecule has 206 valence electrons. The number of aryl methyl sites for hydroxylation is 1. The van der Waals surface area contributed by atoms with Gasteiger partial charge in [-0.1, -0.05) is 49.4 Å². The van der Waals surface area contributed by atoms with Crippen LogP contribution in [0.25, 0.3) is 33.0 Å². The van der Waals surface area contributed by atoms with Gasteiger partial charge in [0.25, 0.3) is 0 Å². The minimum absolute atomic E-state index is 0.0360. The summed E-state index contributed by atoms with van der Waals surface area (Å²) in [6, 6.07) is 8.16. The molecule has 40 heavy (non-hydrogen) atoms. The highest BCUT2D eigenvalue weighted by Gasteiger charge is 2.24. The standard InChI is InChI=1S/C28H31N9O2S/c1-16-11-17(5-6-18(16)13-30-24(38)25-35-27(36-39-25)28(2,3)4)22-19-12-20(34-23(19)33-15-32-22)26-31-14-21(40-26)37-9-7-29-8-10-37/h5-6,11-12,14-15,29H,7-10,13H2,1-4H3,(H,30,38)(H,32,33,34). The molecule has 0 radical (unpaired) electrons. The van der Waals surface area contributed by atoms with Crippen LogP contribution in [0.3, 0.4) is 0 Å². The minimum atomic E-state index is -0.397. The molecule has 1 saturated heterocycles. The first-order chi connectivity index (χ1) is 19.3. The Bertz CT molecular complexity index is 1670. The molecule has 0 spiro atoms. The summed E-state index contributed by atoms with van der Waals surface area (Å²) in [4.78, 5) is 36.4. The molecule has 5 heterocycles. The molecule has 4 aromatic heterocycles. The van der Waals surface area contributed by atoms with Crippen molar-refractivity contribution < 1.29 is 9.32 Å². The predicted molar refractivity (Wildman–Crippen MR) is 154 cm³/mol. The number of benzene rings is 1. The van der Waals surface area contributed by atoms with Crippen LogP contribution in [0.4, 0.5) is 5.00 Å². The van der Waals surface area contributed by atoms with E-state index in [1.165, 1.54) is 5.00 Å². The number of fused-ring (bicyclic) bond motifs is 1. The average Bonchev–Trinajstić information content (AvgIpc) is 3.71. The van der Waals surface area contributed by atoms with E-state index in [-0.39, 0.29) is 11.3 Å². The smallest absolute Gasteiger partial charge is 0.315 e. The zero-order valence-corrected chi connectivity index (χ0v) is 23.7. The van der Waals surface area contributed by atoms with E-state index in [2.05, 4.69) is 57.7 Å². The SMILES string of the molecule is Cc1cc(-c2ncnc3[nH]c(-c4ncc(N5CCNCC5)s4)cc23)ccc1CNC(=O)c1nc(C(C)(C)C)no1. The second kappa shape index (κ2) is 10.4. The molecule has 6 rings (SSSR count). The molecule has 1 amide bonds. The van der Waals surface area contributed by atoms with Crippen molar-refractivity contribution in [2.24, 2.45) is 0 Å². The van der Waals surface area contributed by atoms with Crippen LogP contribution in [-0.2, 0) is 12.0 Å². The number of nitrogens with one attached hydrogen (secondary N) is 3. The van der Waals surface area contributed by atoms with Gasteiger partial charge in [0.2, 0.25) is 0 Å². The Kier molecular flexibility index (Phi) is 6.80. The fourth-order valence-electron chi connectivity index (χ4n) is 4.62. The summed E-state index contributed by atoms with van der Waals surface area (Å²) in [5.74, 6) is 0.0642. The molecule has 1 aliphatic rings. The molecule has 0 atom stereocenters. The van der Waals surface area contributed by atoms with Crippen molar-refractivity contribution in [3.05, 3.63) is 59.6 Å². The van der Waals surface area contributed by atoms with Crippen LogP contribution >= 0.6 is 11.3 Å². The third-order valence-corrected chi connectivity index (χ3v) is 8.02. The monoisotopic (exact) mass is 557 g/mol. The molecular formula is C28H31N9O2S. The lowest BCUT2D eigenvalue weighted by atomic mass is 9.96. The predicted octanol–water partition coefficient (Wildman–Crippen LogP) is 4.08. The van der Waals surface area contributed by atoms with Crippen molar-refractivity contribution in [1.82, 2.24) is 40.7 Å². The first kappa shape index (κ1) is 26.1. The fourth-order valence-corrected chi connectivity index (χ4v) is 5.56. The van der Waals surface area contributed by atoms with Crippen molar-refractivity contribution in [2.45, 2.75) is 39.7 Å². The van der Waals surface area contributed by atoms with Gasteiger partial charge in [0.05, 0.1) is 17.6 Å². The largest absolute Gasteiger partial charge is 0.360 e. The summed E-state index contributed by atoms with van der Waals surface area (Å²) >= 11 is 1.68. The molecule has 0 unspecified atom stereocenters. The van der Waals surface area contributed by atoms with E-state index in [1.54, 1.807) is 17.7 Å². The third-order valence-electron chi connectivity index (χ3n) is 6.92. The van der Waals surface area contributed by atoms with Crippen LogP contribution in [0.15, 0.2) is 41.3 Å². The highest BCUT2D eigenvalue weighted by atomic mass is 32.1. The van der Waals surface area contributed by atoms with Crippen molar-refractivity contribution in [3.63, 3.8) is 0 Å². The van der Waals surface area contributed by atoms with Gasteiger partial charge in [-0.15, -0.1) is 0 Å². The molecule has 0 bridgehead atoms. The number of rotatable bonds is 6. The lowest BCUT2D eigenvalue weighted by Gasteiger charge is -2.27. The summed E-state index contributed by atoms with van der Waals surface area (Å²) in [7, 11) is 0. The first-order valence-corrected chi connectivity index (χ1v) is 14.1. The van der Waals surface area contributed by atoms with Crippen LogP contribution < -0.4 is 15.5 Å². The van der Waals surface area contributed by atoms with Crippen molar-refractivity contribution in [3.8, 4) is 22.0 Å². The second-order valence-corrected chi connectivity index (χ2v) is 11.9. The molecule has 1 fully saturated rings. The Labute approximate surface area is 235 Å². The van der Waals surface area contributed by atoms with Gasteiger partial charge in [-0.3, -0.25) is 4.79 Å². The van der Waals surface area contributed by atoms with Gasteiger partial charge in [-0.2, -0.15) is 4.98 Å². The molecule has 0 aliphatic carbocycles. The number of aromatic nitrogens is 6. The maximum atomic E-state index is 12.6. The molecule has 5 aromatic rings. The van der Waals surface area contributed by atoms with Crippen LogP contribution in [-0.4, -0.2) is 62.2 Å². The number of piperazine rings is 1. The average molecular weight is 558 g/mol. The lowest BCUT2D eigenvalue weighted by molar-refractivity contribution is 0.0907. The Hall–Kier alpha value is -4.16. The number of amides is 1. The molecule has 1 aliphatic heterocycles. The van der Waals surface area contributed by atoms with E-state index in [0.717, 1.165) is 70.3 Å². The fraction of sp³-hybridized carbons (Fsp3) is 0.357. The zero-order valence-electron chi connectivity index (χ0n) is 22.9.